The predicted molar refractivity (Wildman–Crippen MR) is 173 cm³/mol. The lowest BCUT2D eigenvalue weighted by atomic mass is 10.1. The molecule has 1 N–H and O–H groups in total. The Bertz CT molecular complexity index is 1680. The number of sulfone groups is 2. The number of aromatic hydroxyl groups is 1. The molecule has 0 aliphatic carbocycles. The van der Waals surface area contributed by atoms with Crippen LogP contribution in [-0.4, -0.2) is 41.8 Å². The lowest BCUT2D eigenvalue weighted by molar-refractivity contribution is 0.299. The van der Waals surface area contributed by atoms with Crippen LogP contribution in [0.2, 0.25) is 0 Å². The van der Waals surface area contributed by atoms with Gasteiger partial charge in [0.25, 0.3) is 0 Å². The third-order valence-electron chi connectivity index (χ3n) is 7.19. The van der Waals surface area contributed by atoms with E-state index in [2.05, 4.69) is 0 Å². The van der Waals surface area contributed by atoms with Gasteiger partial charge in [0.15, 0.2) is 0 Å². The van der Waals surface area contributed by atoms with Gasteiger partial charge in [-0.2, -0.15) is 0 Å². The van der Waals surface area contributed by atoms with E-state index in [1.807, 2.05) is 6.92 Å². The molecular formula is C35H40O8S2. The van der Waals surface area contributed by atoms with Crippen LogP contribution in [0.25, 0.3) is 0 Å². The number of benzene rings is 4. The van der Waals surface area contributed by atoms with Crippen LogP contribution < -0.4 is 14.2 Å². The van der Waals surface area contributed by atoms with Gasteiger partial charge in [0, 0.05) is 0 Å². The minimum Gasteiger partial charge on any atom is -0.508 e. The molecule has 45 heavy (non-hydrogen) atoms. The molecule has 0 atom stereocenters. The van der Waals surface area contributed by atoms with Crippen LogP contribution in [0.4, 0.5) is 0 Å². The number of hydrogen-bond donors (Lipinski definition) is 1. The van der Waals surface area contributed by atoms with Crippen LogP contribution in [0.15, 0.2) is 117 Å². The van der Waals surface area contributed by atoms with Gasteiger partial charge in [0.1, 0.15) is 23.0 Å². The summed E-state index contributed by atoms with van der Waals surface area (Å²) in [6.45, 7) is 3.54. The maximum Gasteiger partial charge on any atom is 0.206 e. The summed E-state index contributed by atoms with van der Waals surface area (Å²) in [5, 5.41) is 9.39. The van der Waals surface area contributed by atoms with E-state index in [1.54, 1.807) is 60.7 Å². The van der Waals surface area contributed by atoms with E-state index >= 15 is 0 Å². The molecule has 0 aliphatic heterocycles. The van der Waals surface area contributed by atoms with Gasteiger partial charge in [-0.1, -0.05) is 32.1 Å². The van der Waals surface area contributed by atoms with Crippen molar-refractivity contribution in [2.24, 2.45) is 0 Å². The van der Waals surface area contributed by atoms with Crippen molar-refractivity contribution in [3.05, 3.63) is 97.1 Å². The zero-order valence-electron chi connectivity index (χ0n) is 25.4. The zero-order valence-corrected chi connectivity index (χ0v) is 27.1. The highest BCUT2D eigenvalue weighted by atomic mass is 32.2. The molecule has 0 radical (unpaired) electrons. The fourth-order valence-electron chi connectivity index (χ4n) is 4.68. The summed E-state index contributed by atoms with van der Waals surface area (Å²) >= 11 is 0. The van der Waals surface area contributed by atoms with Gasteiger partial charge in [-0.05, 0) is 117 Å². The summed E-state index contributed by atoms with van der Waals surface area (Å²) in [6.07, 6.45) is 7.30. The van der Waals surface area contributed by atoms with Crippen LogP contribution in [0.1, 0.15) is 51.9 Å². The first-order valence-corrected chi connectivity index (χ1v) is 18.1. The first kappa shape index (κ1) is 33.9. The Morgan fingerprint density at radius 1 is 0.444 bits per heavy atom. The summed E-state index contributed by atoms with van der Waals surface area (Å²) in [5.74, 6) is 1.93. The summed E-state index contributed by atoms with van der Waals surface area (Å²) in [5.41, 5.74) is 0. The lowest BCUT2D eigenvalue weighted by Gasteiger charge is -2.09. The highest BCUT2D eigenvalue weighted by molar-refractivity contribution is 7.91. The van der Waals surface area contributed by atoms with E-state index in [1.165, 1.54) is 36.4 Å². The molecule has 10 heteroatoms. The van der Waals surface area contributed by atoms with Crippen molar-refractivity contribution < 1.29 is 36.2 Å². The minimum atomic E-state index is -3.65. The molecule has 0 heterocycles. The lowest BCUT2D eigenvalue weighted by Crippen LogP contribution is -2.03. The van der Waals surface area contributed by atoms with Gasteiger partial charge in [-0.25, -0.2) is 16.8 Å². The quantitative estimate of drug-likeness (QED) is 0.109. The molecule has 0 spiro atoms. The predicted octanol–water partition coefficient (Wildman–Crippen LogP) is 7.65. The largest absolute Gasteiger partial charge is 0.508 e. The summed E-state index contributed by atoms with van der Waals surface area (Å²) in [7, 11) is -7.25. The second-order valence-electron chi connectivity index (χ2n) is 10.5. The van der Waals surface area contributed by atoms with Crippen molar-refractivity contribution in [2.75, 3.05) is 19.8 Å². The molecular weight excluding hydrogens is 613 g/mol. The Kier molecular flexibility index (Phi) is 12.3. The molecule has 0 amide bonds. The molecule has 0 aromatic heterocycles. The summed E-state index contributed by atoms with van der Waals surface area (Å²) < 4.78 is 68.2. The molecule has 0 unspecified atom stereocenters. The average Bonchev–Trinajstić information content (AvgIpc) is 3.05. The highest BCUT2D eigenvalue weighted by Gasteiger charge is 2.18. The molecule has 4 rings (SSSR count). The number of hydrogen-bond acceptors (Lipinski definition) is 8. The molecule has 4 aromatic carbocycles. The zero-order chi connectivity index (χ0) is 32.1. The van der Waals surface area contributed by atoms with Gasteiger partial charge >= 0.3 is 0 Å². The average molecular weight is 653 g/mol. The fraction of sp³-hybridized carbons (Fsp3) is 0.314. The minimum absolute atomic E-state index is 0.0155. The summed E-state index contributed by atoms with van der Waals surface area (Å²) in [6, 6.07) is 24.8. The van der Waals surface area contributed by atoms with E-state index in [-0.39, 0.29) is 25.3 Å². The van der Waals surface area contributed by atoms with Gasteiger partial charge in [-0.3, -0.25) is 0 Å². The normalized spacial score (nSPS) is 11.7. The van der Waals surface area contributed by atoms with Crippen molar-refractivity contribution >= 4 is 19.7 Å². The SMILES string of the molecule is CCOc1ccc(S(=O)(=O)c2ccc(OCCCCCCCCCOc3ccc(S(=O)(=O)c4ccc(O)cc4)cc3)cc2)cc1. The van der Waals surface area contributed by atoms with Crippen molar-refractivity contribution in [3.8, 4) is 23.0 Å². The molecule has 8 nitrogen and oxygen atoms in total. The number of phenolic OH excluding ortho intramolecular Hbond substituents is 1. The van der Waals surface area contributed by atoms with Crippen LogP contribution >= 0.6 is 0 Å². The Balaban J connectivity index is 1.05. The van der Waals surface area contributed by atoms with Crippen molar-refractivity contribution in [2.45, 2.75) is 71.5 Å². The van der Waals surface area contributed by atoms with E-state index in [4.69, 9.17) is 14.2 Å². The molecule has 4 aromatic rings. The first-order chi connectivity index (χ1) is 21.7. The molecule has 0 aliphatic rings. The van der Waals surface area contributed by atoms with E-state index in [0.29, 0.717) is 37.1 Å². The second-order valence-corrected chi connectivity index (χ2v) is 14.4. The van der Waals surface area contributed by atoms with Gasteiger partial charge in [0.2, 0.25) is 19.7 Å². The van der Waals surface area contributed by atoms with Crippen LogP contribution in [0, 0.1) is 0 Å². The number of phenols is 1. The van der Waals surface area contributed by atoms with E-state index in [0.717, 1.165) is 44.9 Å². The first-order valence-electron chi connectivity index (χ1n) is 15.2. The molecule has 0 fully saturated rings. The van der Waals surface area contributed by atoms with E-state index < -0.39 is 19.7 Å². The topological polar surface area (TPSA) is 116 Å². The van der Waals surface area contributed by atoms with Gasteiger partial charge in [0.05, 0.1) is 39.4 Å². The van der Waals surface area contributed by atoms with E-state index in [9.17, 15) is 21.9 Å². The van der Waals surface area contributed by atoms with Crippen LogP contribution in [-0.2, 0) is 19.7 Å². The highest BCUT2D eigenvalue weighted by Crippen LogP contribution is 2.26. The molecule has 0 saturated heterocycles. The standard InChI is InChI=1S/C35H40O8S2/c1-2-41-29-12-20-33(21-13-29)45(39,40)35-24-16-31(17-25-35)43-27-9-7-5-3-4-6-8-26-42-30-14-22-34(23-15-30)44(37,38)32-18-10-28(36)11-19-32/h10-25,36H,2-9,26-27H2,1H3. The van der Waals surface area contributed by atoms with Crippen molar-refractivity contribution in [1.29, 1.82) is 0 Å². The van der Waals surface area contributed by atoms with Crippen LogP contribution in [0.5, 0.6) is 23.0 Å². The smallest absolute Gasteiger partial charge is 0.206 e. The van der Waals surface area contributed by atoms with Crippen LogP contribution in [0.3, 0.4) is 0 Å². The Morgan fingerprint density at radius 2 is 0.733 bits per heavy atom. The number of rotatable bonds is 18. The third kappa shape index (κ3) is 9.73. The maximum absolute atomic E-state index is 12.9. The molecule has 240 valence electrons. The van der Waals surface area contributed by atoms with Crippen molar-refractivity contribution in [1.82, 2.24) is 0 Å². The van der Waals surface area contributed by atoms with Crippen molar-refractivity contribution in [3.63, 3.8) is 0 Å². The monoisotopic (exact) mass is 652 g/mol. The summed E-state index contributed by atoms with van der Waals surface area (Å²) in [4.78, 5) is 0.749. The number of unbranched alkanes of at least 4 members (excludes halogenated alkanes) is 6. The third-order valence-corrected chi connectivity index (χ3v) is 10.8. The second kappa shape index (κ2) is 16.3. The number of ether oxygens (including phenoxy) is 3. The van der Waals surface area contributed by atoms with Gasteiger partial charge in [-0.15, -0.1) is 0 Å². The Hall–Kier alpha value is -4.02. The maximum atomic E-state index is 12.9. The fourth-order valence-corrected chi connectivity index (χ4v) is 7.20. The Morgan fingerprint density at radius 3 is 1.07 bits per heavy atom. The Labute approximate surface area is 266 Å². The molecule has 0 saturated carbocycles. The van der Waals surface area contributed by atoms with Gasteiger partial charge < -0.3 is 19.3 Å². The molecule has 0 bridgehead atoms.